The zero-order valence-electron chi connectivity index (χ0n) is 16.4. The predicted octanol–water partition coefficient (Wildman–Crippen LogP) is 4.70. The monoisotopic (exact) mass is 460 g/mol. The van der Waals surface area contributed by atoms with E-state index >= 15 is 0 Å². The van der Waals surface area contributed by atoms with Crippen molar-refractivity contribution in [2.75, 3.05) is 0 Å². The lowest BCUT2D eigenvalue weighted by Gasteiger charge is -2.23. The Morgan fingerprint density at radius 1 is 1.00 bits per heavy atom. The van der Waals surface area contributed by atoms with Crippen molar-refractivity contribution in [2.45, 2.75) is 24.9 Å². The molecule has 2 amide bonds. The van der Waals surface area contributed by atoms with Crippen LogP contribution in [0.2, 0.25) is 5.02 Å². The molecule has 1 unspecified atom stereocenters. The van der Waals surface area contributed by atoms with Gasteiger partial charge in [-0.15, -0.1) is 0 Å². The zero-order valence-corrected chi connectivity index (χ0v) is 17.2. The number of carbonyl (C=O) groups excluding carboxylic acids is 2. The van der Waals surface area contributed by atoms with Crippen LogP contribution in [0.3, 0.4) is 0 Å². The van der Waals surface area contributed by atoms with Gasteiger partial charge in [-0.1, -0.05) is 41.9 Å². The van der Waals surface area contributed by atoms with Gasteiger partial charge >= 0.3 is 6.18 Å². The number of imide groups is 1. The van der Waals surface area contributed by atoms with Crippen molar-refractivity contribution < 1.29 is 22.8 Å². The van der Waals surface area contributed by atoms with Crippen LogP contribution in [-0.4, -0.2) is 16.4 Å². The standard InChI is InChI=1S/C23H16ClF3N2O3/c24-21-16(2-1-3-17(21)18-8-9-19(30)28-22(18)32)13-4-6-15(7-5-13)29-11-10-14(12-20(29)31)23(25,26)27/h1-7,10-12,18H,8-9H2,(H,28,30,32). The summed E-state index contributed by atoms with van der Waals surface area (Å²) in [5.41, 5.74) is 0.549. The minimum absolute atomic E-state index is 0.230. The normalized spacial score (nSPS) is 16.7. The van der Waals surface area contributed by atoms with Gasteiger partial charge in [-0.25, -0.2) is 0 Å². The molecule has 0 spiro atoms. The van der Waals surface area contributed by atoms with Gasteiger partial charge in [0, 0.05) is 29.9 Å². The van der Waals surface area contributed by atoms with Crippen LogP contribution in [0.5, 0.6) is 0 Å². The van der Waals surface area contributed by atoms with Crippen LogP contribution in [0.4, 0.5) is 13.2 Å². The molecule has 1 atom stereocenters. The molecule has 2 aromatic carbocycles. The van der Waals surface area contributed by atoms with Gasteiger partial charge in [0.05, 0.1) is 16.5 Å². The second kappa shape index (κ2) is 8.27. The molecular weight excluding hydrogens is 445 g/mol. The smallest absolute Gasteiger partial charge is 0.296 e. The first-order valence-electron chi connectivity index (χ1n) is 9.68. The summed E-state index contributed by atoms with van der Waals surface area (Å²) in [5.74, 6) is -1.24. The molecule has 0 bridgehead atoms. The molecule has 1 saturated heterocycles. The molecule has 32 heavy (non-hydrogen) atoms. The predicted molar refractivity (Wildman–Crippen MR) is 113 cm³/mol. The highest BCUT2D eigenvalue weighted by Gasteiger charge is 2.31. The van der Waals surface area contributed by atoms with Crippen LogP contribution in [-0.2, 0) is 15.8 Å². The molecule has 9 heteroatoms. The molecule has 4 rings (SSSR count). The number of carbonyl (C=O) groups is 2. The summed E-state index contributed by atoms with van der Waals surface area (Å²) in [6.45, 7) is 0. The van der Waals surface area contributed by atoms with E-state index in [1.165, 1.54) is 0 Å². The van der Waals surface area contributed by atoms with Gasteiger partial charge in [-0.3, -0.25) is 24.3 Å². The number of alkyl halides is 3. The molecule has 1 aliphatic rings. The number of hydrogen-bond acceptors (Lipinski definition) is 3. The van der Waals surface area contributed by atoms with E-state index in [0.29, 0.717) is 39.9 Å². The van der Waals surface area contributed by atoms with Gasteiger partial charge < -0.3 is 0 Å². The molecule has 3 aromatic rings. The fraction of sp³-hybridized carbons (Fsp3) is 0.174. The molecular formula is C23H16ClF3N2O3. The molecule has 1 fully saturated rings. The summed E-state index contributed by atoms with van der Waals surface area (Å²) in [4.78, 5) is 35.8. The Bertz CT molecular complexity index is 1270. The van der Waals surface area contributed by atoms with Crippen molar-refractivity contribution in [3.8, 4) is 16.8 Å². The van der Waals surface area contributed by atoms with Crippen molar-refractivity contribution >= 4 is 23.4 Å². The molecule has 1 aromatic heterocycles. The highest BCUT2D eigenvalue weighted by atomic mass is 35.5. The van der Waals surface area contributed by atoms with E-state index < -0.39 is 29.1 Å². The molecule has 1 aliphatic heterocycles. The van der Waals surface area contributed by atoms with Crippen molar-refractivity contribution in [1.29, 1.82) is 0 Å². The number of piperidine rings is 1. The number of aromatic nitrogens is 1. The molecule has 164 valence electrons. The number of halogens is 4. The third-order valence-electron chi connectivity index (χ3n) is 5.35. The lowest BCUT2D eigenvalue weighted by molar-refractivity contribution is -0.138. The molecule has 0 saturated carbocycles. The first-order valence-corrected chi connectivity index (χ1v) is 10.1. The van der Waals surface area contributed by atoms with E-state index in [4.69, 9.17) is 11.6 Å². The third kappa shape index (κ3) is 4.18. The Labute approximate surface area is 185 Å². The number of nitrogens with one attached hydrogen (secondary N) is 1. The Morgan fingerprint density at radius 2 is 1.72 bits per heavy atom. The molecule has 0 radical (unpaired) electrons. The van der Waals surface area contributed by atoms with Crippen molar-refractivity contribution in [3.63, 3.8) is 0 Å². The van der Waals surface area contributed by atoms with Gasteiger partial charge in [0.15, 0.2) is 0 Å². The number of nitrogens with zero attached hydrogens (tertiary/aromatic N) is 1. The Balaban J connectivity index is 1.65. The summed E-state index contributed by atoms with van der Waals surface area (Å²) in [6, 6.07) is 13.2. The van der Waals surface area contributed by atoms with Crippen molar-refractivity contribution in [3.05, 3.63) is 87.3 Å². The zero-order chi connectivity index (χ0) is 23.0. The van der Waals surface area contributed by atoms with E-state index in [1.54, 1.807) is 42.5 Å². The van der Waals surface area contributed by atoms with Gasteiger partial charge in [-0.05, 0) is 35.7 Å². The number of benzene rings is 2. The summed E-state index contributed by atoms with van der Waals surface area (Å²) in [5, 5.41) is 2.70. The van der Waals surface area contributed by atoms with Crippen LogP contribution in [0.15, 0.2) is 65.6 Å². The maximum Gasteiger partial charge on any atom is 0.416 e. The highest BCUT2D eigenvalue weighted by molar-refractivity contribution is 6.34. The lowest BCUT2D eigenvalue weighted by atomic mass is 9.88. The summed E-state index contributed by atoms with van der Waals surface area (Å²) >= 11 is 6.59. The lowest BCUT2D eigenvalue weighted by Crippen LogP contribution is -2.39. The van der Waals surface area contributed by atoms with Crippen molar-refractivity contribution in [1.82, 2.24) is 9.88 Å². The highest BCUT2D eigenvalue weighted by Crippen LogP contribution is 2.37. The summed E-state index contributed by atoms with van der Waals surface area (Å²) in [7, 11) is 0. The molecule has 1 N–H and O–H groups in total. The maximum atomic E-state index is 12.8. The average Bonchev–Trinajstić information content (AvgIpc) is 2.74. The SMILES string of the molecule is O=C1CCC(c2cccc(-c3ccc(-n4ccc(C(F)(F)F)cc4=O)cc3)c2Cl)C(=O)N1. The van der Waals surface area contributed by atoms with Gasteiger partial charge in [0.2, 0.25) is 11.8 Å². The van der Waals surface area contributed by atoms with Gasteiger partial charge in [-0.2, -0.15) is 13.2 Å². The fourth-order valence-electron chi connectivity index (χ4n) is 3.70. The minimum Gasteiger partial charge on any atom is -0.296 e. The molecule has 2 heterocycles. The quantitative estimate of drug-likeness (QED) is 0.576. The number of pyridine rings is 1. The van der Waals surface area contributed by atoms with Crippen LogP contribution in [0.1, 0.15) is 29.9 Å². The van der Waals surface area contributed by atoms with Crippen LogP contribution in [0.25, 0.3) is 16.8 Å². The van der Waals surface area contributed by atoms with Crippen LogP contribution in [0, 0.1) is 0 Å². The molecule has 0 aliphatic carbocycles. The Morgan fingerprint density at radius 3 is 2.34 bits per heavy atom. The average molecular weight is 461 g/mol. The second-order valence-corrected chi connectivity index (χ2v) is 7.76. The topological polar surface area (TPSA) is 68.2 Å². The second-order valence-electron chi connectivity index (χ2n) is 7.38. The van der Waals surface area contributed by atoms with E-state index in [1.807, 2.05) is 0 Å². The van der Waals surface area contributed by atoms with E-state index in [0.717, 1.165) is 16.8 Å². The Kier molecular flexibility index (Phi) is 5.64. The first kappa shape index (κ1) is 21.8. The maximum absolute atomic E-state index is 12.8. The summed E-state index contributed by atoms with van der Waals surface area (Å²) in [6.07, 6.45) is -2.92. The van der Waals surface area contributed by atoms with Crippen molar-refractivity contribution in [2.24, 2.45) is 0 Å². The van der Waals surface area contributed by atoms with Gasteiger partial charge in [0.25, 0.3) is 5.56 Å². The molecule has 5 nitrogen and oxygen atoms in total. The fourth-order valence-corrected chi connectivity index (χ4v) is 4.07. The number of hydrogen-bond donors (Lipinski definition) is 1. The Hall–Kier alpha value is -3.39. The van der Waals surface area contributed by atoms with E-state index in [2.05, 4.69) is 5.32 Å². The number of rotatable bonds is 3. The number of amides is 2. The van der Waals surface area contributed by atoms with Crippen LogP contribution >= 0.6 is 11.6 Å². The van der Waals surface area contributed by atoms with Crippen LogP contribution < -0.4 is 10.9 Å². The van der Waals surface area contributed by atoms with E-state index in [-0.39, 0.29) is 12.3 Å². The minimum atomic E-state index is -4.59. The summed E-state index contributed by atoms with van der Waals surface area (Å²) < 4.78 is 39.5. The third-order valence-corrected chi connectivity index (χ3v) is 5.77. The first-order chi connectivity index (χ1) is 15.1. The van der Waals surface area contributed by atoms with E-state index in [9.17, 15) is 27.6 Å². The van der Waals surface area contributed by atoms with Gasteiger partial charge in [0.1, 0.15) is 0 Å². The largest absolute Gasteiger partial charge is 0.416 e.